The van der Waals surface area contributed by atoms with Crippen molar-refractivity contribution in [2.45, 2.75) is 22.1 Å². The molecule has 4 nitrogen and oxygen atoms in total. The minimum Gasteiger partial charge on any atom is -0.289 e. The molecule has 14 heavy (non-hydrogen) atoms. The molecule has 84 valence electrons. The van der Waals surface area contributed by atoms with E-state index < -0.39 is 15.3 Å². The van der Waals surface area contributed by atoms with Crippen LogP contribution in [0.4, 0.5) is 4.39 Å². The number of rotatable bonds is 3. The van der Waals surface area contributed by atoms with Gasteiger partial charge in [0.2, 0.25) is 10.0 Å². The summed E-state index contributed by atoms with van der Waals surface area (Å²) in [6, 6.07) is 0. The molecule has 0 saturated carbocycles. The molecule has 0 aromatic carbocycles. The highest BCUT2D eigenvalue weighted by Gasteiger charge is 2.32. The second-order valence-electron chi connectivity index (χ2n) is 3.39. The lowest BCUT2D eigenvalue weighted by atomic mass is 10.1. The molecular weight excluding hydrogens is 322 g/mol. The lowest BCUT2D eigenvalue weighted by Crippen LogP contribution is -2.45. The summed E-state index contributed by atoms with van der Waals surface area (Å²) in [5.74, 6) is 0. The highest BCUT2D eigenvalue weighted by Crippen LogP contribution is 2.25. The number of hydrogen-bond acceptors (Lipinski definition) is 3. The molecule has 0 aliphatic carbocycles. The number of piperidine rings is 1. The molecule has 1 rings (SSSR count). The van der Waals surface area contributed by atoms with Gasteiger partial charge in [-0.25, -0.2) is 17.9 Å². The van der Waals surface area contributed by atoms with E-state index in [2.05, 4.69) is 22.6 Å². The maximum absolute atomic E-state index is 12.1. The van der Waals surface area contributed by atoms with Crippen molar-refractivity contribution >= 4 is 32.6 Å². The number of halogens is 2. The van der Waals surface area contributed by atoms with E-state index in [1.54, 1.807) is 0 Å². The van der Waals surface area contributed by atoms with Gasteiger partial charge in [-0.1, -0.05) is 22.6 Å². The fourth-order valence-electron chi connectivity index (χ4n) is 1.59. The minimum atomic E-state index is -3.42. The predicted molar refractivity (Wildman–Crippen MR) is 61.5 cm³/mol. The van der Waals surface area contributed by atoms with Crippen LogP contribution in [0.5, 0.6) is 0 Å². The molecule has 1 aliphatic rings. The molecule has 7 heteroatoms. The zero-order valence-corrected chi connectivity index (χ0v) is 10.7. The van der Waals surface area contributed by atoms with Crippen molar-refractivity contribution < 1.29 is 12.8 Å². The first-order valence-electron chi connectivity index (χ1n) is 4.41. The summed E-state index contributed by atoms with van der Waals surface area (Å²) in [5.41, 5.74) is 0. The molecule has 1 heterocycles. The summed E-state index contributed by atoms with van der Waals surface area (Å²) in [5, 5.41) is 4.61. The average Bonchev–Trinajstić information content (AvgIpc) is 2.07. The van der Waals surface area contributed by atoms with Crippen molar-refractivity contribution in [1.82, 2.24) is 4.90 Å². The van der Waals surface area contributed by atoms with E-state index in [-0.39, 0.29) is 10.7 Å². The number of likely N-dealkylation sites (tertiary alicyclic amines) is 1. The van der Waals surface area contributed by atoms with Crippen LogP contribution in [-0.2, 0) is 10.0 Å². The zero-order chi connectivity index (χ0) is 10.8. The molecule has 2 atom stereocenters. The zero-order valence-electron chi connectivity index (χ0n) is 7.70. The highest BCUT2D eigenvalue weighted by atomic mass is 127. The number of nitrogens with zero attached hydrogens (tertiary/aromatic N) is 1. The van der Waals surface area contributed by atoms with Crippen LogP contribution in [0.15, 0.2) is 0 Å². The van der Waals surface area contributed by atoms with Crippen LogP contribution in [-0.4, -0.2) is 42.4 Å². The highest BCUT2D eigenvalue weighted by molar-refractivity contribution is 14.1. The van der Waals surface area contributed by atoms with Crippen molar-refractivity contribution in [3.05, 3.63) is 0 Å². The van der Waals surface area contributed by atoms with Crippen LogP contribution in [0.25, 0.3) is 0 Å². The first-order chi connectivity index (χ1) is 6.45. The Morgan fingerprint density at radius 3 is 2.64 bits per heavy atom. The molecule has 2 N–H and O–H groups in total. The van der Waals surface area contributed by atoms with Crippen molar-refractivity contribution in [2.24, 2.45) is 5.14 Å². The van der Waals surface area contributed by atoms with E-state index in [9.17, 15) is 12.8 Å². The van der Waals surface area contributed by atoms with E-state index in [4.69, 9.17) is 5.14 Å². The molecule has 0 amide bonds. The van der Waals surface area contributed by atoms with Gasteiger partial charge in [-0.15, -0.1) is 0 Å². The first-order valence-corrected chi connectivity index (χ1v) is 7.26. The van der Waals surface area contributed by atoms with Crippen LogP contribution in [0, 0.1) is 0 Å². The monoisotopic (exact) mass is 336 g/mol. The summed E-state index contributed by atoms with van der Waals surface area (Å²) in [6.45, 7) is 0.600. The van der Waals surface area contributed by atoms with Gasteiger partial charge < -0.3 is 0 Å². The summed E-state index contributed by atoms with van der Waals surface area (Å²) < 4.78 is 34.3. The number of primary sulfonamides is 1. The first kappa shape index (κ1) is 12.6. The number of nitrogens with two attached hydrogens (primary N) is 1. The van der Waals surface area contributed by atoms with Gasteiger partial charge in [0.1, 0.15) is 6.67 Å². The molecule has 0 bridgehead atoms. The fourth-order valence-corrected chi connectivity index (χ4v) is 3.99. The quantitative estimate of drug-likeness (QED) is 0.463. The van der Waals surface area contributed by atoms with Crippen LogP contribution < -0.4 is 5.14 Å². The molecular formula is C7H14FIN2O2S. The summed E-state index contributed by atoms with van der Waals surface area (Å²) >= 11 is 2.14. The van der Waals surface area contributed by atoms with Gasteiger partial charge in [0, 0.05) is 13.1 Å². The summed E-state index contributed by atoms with van der Waals surface area (Å²) in [6.07, 6.45) is 1.01. The lowest BCUT2D eigenvalue weighted by molar-refractivity contribution is 0.201. The second-order valence-corrected chi connectivity index (χ2v) is 6.68. The minimum absolute atomic E-state index is 0.0698. The van der Waals surface area contributed by atoms with E-state index >= 15 is 0 Å². The van der Waals surface area contributed by atoms with Gasteiger partial charge in [0.25, 0.3) is 0 Å². The van der Waals surface area contributed by atoms with Gasteiger partial charge >= 0.3 is 0 Å². The predicted octanol–water partition coefficient (Wildman–Crippen LogP) is 0.470. The maximum Gasteiger partial charge on any atom is 0.212 e. The van der Waals surface area contributed by atoms with Crippen LogP contribution >= 0.6 is 22.6 Å². The molecule has 0 spiro atoms. The van der Waals surface area contributed by atoms with Gasteiger partial charge in [-0.2, -0.15) is 0 Å². The Morgan fingerprint density at radius 1 is 1.57 bits per heavy atom. The normalized spacial score (nSPS) is 30.5. The number of sulfonamides is 1. The summed E-state index contributed by atoms with van der Waals surface area (Å²) in [7, 11) is -3.42. The van der Waals surface area contributed by atoms with E-state index in [1.165, 1.54) is 0 Å². The Hall–Kier alpha value is 0.530. The molecule has 1 saturated heterocycles. The van der Waals surface area contributed by atoms with Gasteiger partial charge in [0.05, 0.1) is 9.30 Å². The summed E-state index contributed by atoms with van der Waals surface area (Å²) in [4.78, 5) is 1.95. The van der Waals surface area contributed by atoms with Crippen molar-refractivity contribution in [2.75, 3.05) is 19.8 Å². The smallest absolute Gasteiger partial charge is 0.212 e. The van der Waals surface area contributed by atoms with Gasteiger partial charge in [-0.05, 0) is 12.8 Å². The molecule has 0 aromatic heterocycles. The van der Waals surface area contributed by atoms with E-state index in [1.807, 2.05) is 4.90 Å². The van der Waals surface area contributed by atoms with Crippen LogP contribution in [0.1, 0.15) is 12.8 Å². The van der Waals surface area contributed by atoms with Crippen molar-refractivity contribution in [3.63, 3.8) is 0 Å². The van der Waals surface area contributed by atoms with E-state index in [0.717, 1.165) is 0 Å². The van der Waals surface area contributed by atoms with Gasteiger partial charge in [0.15, 0.2) is 0 Å². The Balaban J connectivity index is 2.55. The Morgan fingerprint density at radius 2 is 2.21 bits per heavy atom. The number of hydrogen-bond donors (Lipinski definition) is 1. The maximum atomic E-state index is 12.1. The third-order valence-electron chi connectivity index (χ3n) is 2.43. The standard InChI is InChI=1S/C7H14FIN2O2S/c8-2-4-11-3-1-6(5-7(11)9)14(10,12)13/h6-7H,1-5H2,(H2,10,12,13). The molecule has 0 aromatic rings. The van der Waals surface area contributed by atoms with Crippen molar-refractivity contribution in [1.29, 1.82) is 0 Å². The molecule has 0 radical (unpaired) electrons. The van der Waals surface area contributed by atoms with Crippen molar-refractivity contribution in [3.8, 4) is 0 Å². The van der Waals surface area contributed by atoms with E-state index in [0.29, 0.717) is 25.9 Å². The van der Waals surface area contributed by atoms with Crippen LogP contribution in [0.2, 0.25) is 0 Å². The third-order valence-corrected chi connectivity index (χ3v) is 5.08. The second kappa shape index (κ2) is 5.04. The molecule has 1 fully saturated rings. The fraction of sp³-hybridized carbons (Fsp3) is 1.00. The number of alkyl halides is 2. The topological polar surface area (TPSA) is 63.4 Å². The Bertz CT molecular complexity index is 285. The average molecular weight is 336 g/mol. The van der Waals surface area contributed by atoms with Crippen LogP contribution in [0.3, 0.4) is 0 Å². The third kappa shape index (κ3) is 3.28. The molecule has 2 unspecified atom stereocenters. The van der Waals surface area contributed by atoms with Gasteiger partial charge in [-0.3, -0.25) is 4.90 Å². The Kier molecular flexibility index (Phi) is 4.54. The lowest BCUT2D eigenvalue weighted by Gasteiger charge is -2.34. The molecule has 1 aliphatic heterocycles. The SMILES string of the molecule is NS(=O)(=O)C1CCN(CCF)C(I)C1. The largest absolute Gasteiger partial charge is 0.289 e. The Labute approximate surface area is 97.2 Å².